The van der Waals surface area contributed by atoms with E-state index in [1.165, 1.54) is 17.9 Å². The SMILES string of the molecule is CONC(=O)CCCCn1ccnc1[N+](=O)[O-]. The predicted octanol–water partition coefficient (Wildman–Crippen LogP) is 0.639. The second-order valence-corrected chi connectivity index (χ2v) is 3.36. The number of carbonyl (C=O) groups excluding carboxylic acids is 1. The molecule has 0 aliphatic rings. The van der Waals surface area contributed by atoms with Crippen molar-refractivity contribution in [2.45, 2.75) is 25.8 Å². The van der Waals surface area contributed by atoms with Gasteiger partial charge in [0.05, 0.1) is 13.7 Å². The molecular weight excluding hydrogens is 228 g/mol. The third kappa shape index (κ3) is 4.19. The van der Waals surface area contributed by atoms with Crippen molar-refractivity contribution in [3.8, 4) is 0 Å². The second kappa shape index (κ2) is 6.59. The van der Waals surface area contributed by atoms with Crippen molar-refractivity contribution < 1.29 is 14.6 Å². The summed E-state index contributed by atoms with van der Waals surface area (Å²) in [5, 5.41) is 10.6. The minimum Gasteiger partial charge on any atom is -0.390 e. The van der Waals surface area contributed by atoms with Gasteiger partial charge in [0.25, 0.3) is 0 Å². The van der Waals surface area contributed by atoms with Crippen LogP contribution in [0.15, 0.2) is 12.4 Å². The van der Waals surface area contributed by atoms with Gasteiger partial charge in [0, 0.05) is 6.42 Å². The van der Waals surface area contributed by atoms with Crippen LogP contribution < -0.4 is 5.48 Å². The van der Waals surface area contributed by atoms with E-state index in [2.05, 4.69) is 15.3 Å². The van der Waals surface area contributed by atoms with E-state index < -0.39 is 4.92 Å². The lowest BCUT2D eigenvalue weighted by molar-refractivity contribution is -0.396. The molecule has 0 saturated heterocycles. The average Bonchev–Trinajstić information content (AvgIpc) is 2.73. The molecule has 1 heterocycles. The van der Waals surface area contributed by atoms with Gasteiger partial charge < -0.3 is 10.1 Å². The number of nitro groups is 1. The molecule has 1 rings (SSSR count). The van der Waals surface area contributed by atoms with Gasteiger partial charge >= 0.3 is 5.95 Å². The number of rotatable bonds is 7. The molecular formula is C9H14N4O4. The number of aryl methyl sites for hydroxylation is 1. The number of nitrogens with one attached hydrogen (secondary N) is 1. The van der Waals surface area contributed by atoms with E-state index in [4.69, 9.17) is 0 Å². The van der Waals surface area contributed by atoms with Gasteiger partial charge in [-0.3, -0.25) is 9.63 Å². The standard InChI is InChI=1S/C9H14N4O4/c1-17-11-8(14)4-2-3-6-12-7-5-10-9(12)13(15)16/h5,7H,2-4,6H2,1H3,(H,11,14). The van der Waals surface area contributed by atoms with Gasteiger partial charge in [-0.25, -0.2) is 10.0 Å². The molecule has 1 aromatic rings. The molecule has 0 bridgehead atoms. The molecule has 0 fully saturated rings. The summed E-state index contributed by atoms with van der Waals surface area (Å²) >= 11 is 0. The quantitative estimate of drug-likeness (QED) is 0.429. The third-order valence-corrected chi connectivity index (χ3v) is 2.13. The number of hydrogen-bond donors (Lipinski definition) is 1. The van der Waals surface area contributed by atoms with E-state index in [9.17, 15) is 14.9 Å². The lowest BCUT2D eigenvalue weighted by Crippen LogP contribution is -2.21. The zero-order valence-electron chi connectivity index (χ0n) is 9.46. The lowest BCUT2D eigenvalue weighted by atomic mass is 10.2. The molecule has 0 aliphatic carbocycles. The Kier molecular flexibility index (Phi) is 5.08. The molecule has 1 aromatic heterocycles. The van der Waals surface area contributed by atoms with Crippen molar-refractivity contribution >= 4 is 11.9 Å². The van der Waals surface area contributed by atoms with Crippen molar-refractivity contribution in [3.05, 3.63) is 22.5 Å². The van der Waals surface area contributed by atoms with Crippen molar-refractivity contribution in [1.82, 2.24) is 15.0 Å². The first-order chi connectivity index (χ1) is 8.15. The van der Waals surface area contributed by atoms with Crippen LogP contribution in [-0.2, 0) is 16.2 Å². The Morgan fingerprint density at radius 3 is 3.06 bits per heavy atom. The Morgan fingerprint density at radius 2 is 2.41 bits per heavy atom. The summed E-state index contributed by atoms with van der Waals surface area (Å²) < 4.78 is 1.45. The number of nitrogens with zero attached hydrogens (tertiary/aromatic N) is 3. The van der Waals surface area contributed by atoms with Crippen LogP contribution in [0.1, 0.15) is 19.3 Å². The number of hydroxylamine groups is 1. The van der Waals surface area contributed by atoms with Crippen LogP contribution in [-0.4, -0.2) is 27.5 Å². The molecule has 0 radical (unpaired) electrons. The summed E-state index contributed by atoms with van der Waals surface area (Å²) in [5.74, 6) is -0.376. The van der Waals surface area contributed by atoms with Crippen LogP contribution in [0.4, 0.5) is 5.95 Å². The van der Waals surface area contributed by atoms with E-state index in [-0.39, 0.29) is 11.9 Å². The molecule has 0 spiro atoms. The Hall–Kier alpha value is -1.96. The normalized spacial score (nSPS) is 10.2. The molecule has 0 saturated carbocycles. The van der Waals surface area contributed by atoms with Crippen LogP contribution >= 0.6 is 0 Å². The third-order valence-electron chi connectivity index (χ3n) is 2.13. The Labute approximate surface area is 97.7 Å². The summed E-state index contributed by atoms with van der Waals surface area (Å²) in [6.07, 6.45) is 4.55. The van der Waals surface area contributed by atoms with Crippen LogP contribution in [0.3, 0.4) is 0 Å². The van der Waals surface area contributed by atoms with Crippen LogP contribution in [0.2, 0.25) is 0 Å². The minimum atomic E-state index is -0.530. The molecule has 0 unspecified atom stereocenters. The largest absolute Gasteiger partial charge is 0.434 e. The number of aromatic nitrogens is 2. The van der Waals surface area contributed by atoms with Gasteiger partial charge in [-0.2, -0.15) is 0 Å². The number of hydrogen-bond acceptors (Lipinski definition) is 5. The topological polar surface area (TPSA) is 99.3 Å². The summed E-state index contributed by atoms with van der Waals surface area (Å²) in [5.41, 5.74) is 2.20. The Balaban J connectivity index is 2.29. The number of unbranched alkanes of at least 4 members (excludes halogenated alkanes) is 1. The molecule has 8 nitrogen and oxygen atoms in total. The minimum absolute atomic E-state index is 0.175. The Morgan fingerprint density at radius 1 is 1.65 bits per heavy atom. The summed E-state index contributed by atoms with van der Waals surface area (Å²) in [6, 6.07) is 0. The first-order valence-corrected chi connectivity index (χ1v) is 5.12. The number of amides is 1. The zero-order chi connectivity index (χ0) is 12.7. The molecule has 1 amide bonds. The summed E-state index contributed by atoms with van der Waals surface area (Å²) in [4.78, 5) is 29.1. The van der Waals surface area contributed by atoms with Crippen LogP contribution in [0, 0.1) is 10.1 Å². The van der Waals surface area contributed by atoms with E-state index in [0.29, 0.717) is 25.8 Å². The molecule has 1 N–H and O–H groups in total. The Bertz CT molecular complexity index is 390. The van der Waals surface area contributed by atoms with Crippen molar-refractivity contribution in [2.75, 3.05) is 7.11 Å². The molecule has 17 heavy (non-hydrogen) atoms. The molecule has 8 heteroatoms. The maximum Gasteiger partial charge on any atom is 0.434 e. The van der Waals surface area contributed by atoms with Crippen LogP contribution in [0.25, 0.3) is 0 Å². The van der Waals surface area contributed by atoms with Crippen molar-refractivity contribution in [3.63, 3.8) is 0 Å². The van der Waals surface area contributed by atoms with E-state index >= 15 is 0 Å². The first-order valence-electron chi connectivity index (χ1n) is 5.12. The molecule has 0 aromatic carbocycles. The van der Waals surface area contributed by atoms with Crippen molar-refractivity contribution in [1.29, 1.82) is 0 Å². The van der Waals surface area contributed by atoms with Crippen molar-refractivity contribution in [2.24, 2.45) is 0 Å². The van der Waals surface area contributed by atoms with Gasteiger partial charge in [-0.1, -0.05) is 4.98 Å². The predicted molar refractivity (Wildman–Crippen MR) is 57.9 cm³/mol. The highest BCUT2D eigenvalue weighted by Gasteiger charge is 2.13. The van der Waals surface area contributed by atoms with E-state index in [1.54, 1.807) is 6.20 Å². The second-order valence-electron chi connectivity index (χ2n) is 3.36. The highest BCUT2D eigenvalue weighted by molar-refractivity contribution is 5.74. The highest BCUT2D eigenvalue weighted by atomic mass is 16.6. The highest BCUT2D eigenvalue weighted by Crippen LogP contribution is 2.09. The van der Waals surface area contributed by atoms with Crippen LogP contribution in [0.5, 0.6) is 0 Å². The molecule has 0 atom stereocenters. The monoisotopic (exact) mass is 242 g/mol. The lowest BCUT2D eigenvalue weighted by Gasteiger charge is -2.02. The fourth-order valence-corrected chi connectivity index (χ4v) is 1.38. The maximum absolute atomic E-state index is 11.0. The van der Waals surface area contributed by atoms with E-state index in [0.717, 1.165) is 0 Å². The van der Waals surface area contributed by atoms with Gasteiger partial charge in [-0.15, -0.1) is 0 Å². The fourth-order valence-electron chi connectivity index (χ4n) is 1.38. The molecule has 0 aliphatic heterocycles. The first kappa shape index (κ1) is 13.1. The van der Waals surface area contributed by atoms with Gasteiger partial charge in [0.15, 0.2) is 0 Å². The fraction of sp³-hybridized carbons (Fsp3) is 0.556. The average molecular weight is 242 g/mol. The zero-order valence-corrected chi connectivity index (χ0v) is 9.46. The van der Waals surface area contributed by atoms with Gasteiger partial charge in [0.2, 0.25) is 5.91 Å². The van der Waals surface area contributed by atoms with E-state index in [1.807, 2.05) is 0 Å². The maximum atomic E-state index is 11.0. The van der Waals surface area contributed by atoms with Gasteiger partial charge in [0.1, 0.15) is 12.4 Å². The summed E-state index contributed by atoms with van der Waals surface area (Å²) in [6.45, 7) is 0.469. The smallest absolute Gasteiger partial charge is 0.390 e. The van der Waals surface area contributed by atoms with Gasteiger partial charge in [-0.05, 0) is 17.8 Å². The molecule has 94 valence electrons. The summed E-state index contributed by atoms with van der Waals surface area (Å²) in [7, 11) is 1.37. The number of carbonyl (C=O) groups is 1. The number of imidazole rings is 1.